The summed E-state index contributed by atoms with van der Waals surface area (Å²) < 4.78 is 15.2. The quantitative estimate of drug-likeness (QED) is 0.200. The van der Waals surface area contributed by atoms with Crippen molar-refractivity contribution in [3.63, 3.8) is 0 Å². The van der Waals surface area contributed by atoms with Crippen LogP contribution in [0.15, 0.2) is 77.3 Å². The Morgan fingerprint density at radius 2 is 1.23 bits per heavy atom. The first-order valence-corrected chi connectivity index (χ1v) is 33.6. The lowest BCUT2D eigenvalue weighted by atomic mass is 9.83. The van der Waals surface area contributed by atoms with Gasteiger partial charge in [-0.1, -0.05) is 113 Å². The minimum atomic E-state index is -2.01. The molecule has 1 heterocycles. The van der Waals surface area contributed by atoms with Gasteiger partial charge in [-0.25, -0.2) is 0 Å². The predicted octanol–water partition coefficient (Wildman–Crippen LogP) is 12.1. The smallest absolute Gasteiger partial charge is 0.242 e. The second kappa shape index (κ2) is 12.2. The van der Waals surface area contributed by atoms with Crippen molar-refractivity contribution in [1.82, 2.24) is 0 Å². The Labute approximate surface area is 252 Å². The summed E-state index contributed by atoms with van der Waals surface area (Å²) in [5, 5.41) is -0.357. The standard InChI is InChI=1S/C32H54O2P2Si4/c1-26(25-28-21-17-15-18-22-28)32(34-38(6,7)8)30(29-23-19-16-20-24-29)27(2)31(33-37(3,4)5)35(39(9,10)11)36(32)40(12,13)14/h15-25,30H,1-14H3/b26-25+. The van der Waals surface area contributed by atoms with Gasteiger partial charge in [0.1, 0.15) is 10.8 Å². The number of hydrogen-bond acceptors (Lipinski definition) is 2. The maximum atomic E-state index is 7.87. The molecule has 0 fully saturated rings. The molecule has 8 heteroatoms. The van der Waals surface area contributed by atoms with Crippen LogP contribution in [0.1, 0.15) is 30.9 Å². The van der Waals surface area contributed by atoms with Gasteiger partial charge in [0.25, 0.3) is 0 Å². The molecule has 40 heavy (non-hydrogen) atoms. The summed E-state index contributed by atoms with van der Waals surface area (Å²) in [5.74, 6) is 0.139. The highest BCUT2D eigenvalue weighted by molar-refractivity contribution is 8.56. The van der Waals surface area contributed by atoms with Crippen LogP contribution in [0.25, 0.3) is 6.08 Å². The van der Waals surface area contributed by atoms with Gasteiger partial charge in [-0.05, 0) is 82.6 Å². The minimum absolute atomic E-state index is 0.139. The second-order valence-electron chi connectivity index (χ2n) is 15.2. The molecular formula is C32H54O2P2Si4. The second-order valence-corrected chi connectivity index (χ2v) is 50.4. The van der Waals surface area contributed by atoms with Crippen molar-refractivity contribution >= 4 is 52.5 Å². The van der Waals surface area contributed by atoms with Gasteiger partial charge >= 0.3 is 0 Å². The maximum absolute atomic E-state index is 7.87. The molecule has 0 saturated carbocycles. The molecule has 1 aliphatic rings. The summed E-state index contributed by atoms with van der Waals surface area (Å²) in [5.41, 5.74) is 6.86. The van der Waals surface area contributed by atoms with Crippen LogP contribution in [0.4, 0.5) is 0 Å². The maximum Gasteiger partial charge on any atom is 0.242 e. The summed E-state index contributed by atoms with van der Waals surface area (Å²) in [4.78, 5) is 0. The first-order chi connectivity index (χ1) is 18.2. The average Bonchev–Trinajstić information content (AvgIpc) is 2.78. The normalized spacial score (nSPS) is 25.2. The summed E-state index contributed by atoms with van der Waals surface area (Å²) in [6.07, 6.45) is 2.46. The molecule has 4 unspecified atom stereocenters. The molecule has 2 aromatic rings. The van der Waals surface area contributed by atoms with E-state index in [2.05, 4.69) is 159 Å². The van der Waals surface area contributed by atoms with Crippen molar-refractivity contribution in [2.24, 2.45) is 0 Å². The molecule has 4 atom stereocenters. The highest BCUT2D eigenvalue weighted by Gasteiger charge is 2.63. The predicted molar refractivity (Wildman–Crippen MR) is 194 cm³/mol. The topological polar surface area (TPSA) is 18.5 Å². The first kappa shape index (κ1) is 33.9. The van der Waals surface area contributed by atoms with Gasteiger partial charge in [0.15, 0.2) is 8.32 Å². The van der Waals surface area contributed by atoms with E-state index in [9.17, 15) is 0 Å². The fraction of sp³-hybridized carbons (Fsp3) is 0.500. The number of benzene rings is 2. The zero-order valence-electron chi connectivity index (χ0n) is 27.6. The Balaban J connectivity index is 2.61. The van der Waals surface area contributed by atoms with E-state index in [4.69, 9.17) is 8.85 Å². The fourth-order valence-corrected chi connectivity index (χ4v) is 58.2. The van der Waals surface area contributed by atoms with Crippen LogP contribution >= 0.6 is 14.3 Å². The van der Waals surface area contributed by atoms with Crippen LogP contribution in [0, 0.1) is 0 Å². The summed E-state index contributed by atoms with van der Waals surface area (Å²) in [6.45, 7) is 34.8. The van der Waals surface area contributed by atoms with Crippen LogP contribution in [0.2, 0.25) is 78.6 Å². The third kappa shape index (κ3) is 7.67. The van der Waals surface area contributed by atoms with Gasteiger partial charge in [0.05, 0.1) is 15.5 Å². The van der Waals surface area contributed by atoms with Crippen LogP contribution in [-0.2, 0) is 8.85 Å². The van der Waals surface area contributed by atoms with Crippen molar-refractivity contribution in [3.8, 4) is 0 Å². The van der Waals surface area contributed by atoms with Crippen molar-refractivity contribution in [2.75, 3.05) is 0 Å². The molecule has 0 aliphatic carbocycles. The monoisotopic (exact) mass is 644 g/mol. The molecule has 0 radical (unpaired) electrons. The molecule has 2 nitrogen and oxygen atoms in total. The molecule has 0 saturated heterocycles. The van der Waals surface area contributed by atoms with E-state index < -0.39 is 46.4 Å². The molecule has 0 amide bonds. The SMILES string of the molecule is CC1=C(O[Si](C)(C)C)P([Si](C)(C)C)P([Si](C)(C)C)C(O[Si](C)(C)C)(/C(C)=C/c2ccccc2)C1c1ccccc1. The van der Waals surface area contributed by atoms with Gasteiger partial charge in [-0.15, -0.1) is 0 Å². The molecule has 0 N–H and O–H groups in total. The van der Waals surface area contributed by atoms with E-state index in [1.807, 2.05) is 0 Å². The first-order valence-electron chi connectivity index (χ1n) is 14.7. The van der Waals surface area contributed by atoms with Crippen LogP contribution in [-0.4, -0.2) is 37.5 Å². The van der Waals surface area contributed by atoms with Crippen molar-refractivity contribution in [2.45, 2.75) is 104 Å². The molecule has 0 aromatic heterocycles. The van der Waals surface area contributed by atoms with Crippen molar-refractivity contribution < 1.29 is 8.85 Å². The Morgan fingerprint density at radius 3 is 1.65 bits per heavy atom. The Morgan fingerprint density at radius 1 is 0.725 bits per heavy atom. The van der Waals surface area contributed by atoms with Gasteiger partial charge < -0.3 is 8.85 Å². The average molecular weight is 645 g/mol. The van der Waals surface area contributed by atoms with Crippen LogP contribution in [0.5, 0.6) is 0 Å². The van der Waals surface area contributed by atoms with Gasteiger partial charge in [-0.3, -0.25) is 0 Å². The van der Waals surface area contributed by atoms with E-state index >= 15 is 0 Å². The van der Waals surface area contributed by atoms with E-state index in [-0.39, 0.29) is 11.3 Å². The Bertz CT molecular complexity index is 1220. The molecule has 2 aromatic carbocycles. The molecule has 3 rings (SSSR count). The molecule has 0 bridgehead atoms. The lowest BCUT2D eigenvalue weighted by Crippen LogP contribution is -2.53. The lowest BCUT2D eigenvalue weighted by Gasteiger charge is -2.62. The van der Waals surface area contributed by atoms with E-state index in [1.54, 1.807) is 0 Å². The summed E-state index contributed by atoms with van der Waals surface area (Å²) in [6, 6.07) is 22.2. The van der Waals surface area contributed by atoms with E-state index in [0.29, 0.717) is 0 Å². The Kier molecular flexibility index (Phi) is 10.3. The van der Waals surface area contributed by atoms with Crippen molar-refractivity contribution in [3.05, 3.63) is 88.4 Å². The van der Waals surface area contributed by atoms with Gasteiger partial charge in [-0.2, -0.15) is 0 Å². The third-order valence-electron chi connectivity index (χ3n) is 6.88. The zero-order chi connectivity index (χ0) is 30.3. The van der Waals surface area contributed by atoms with Gasteiger partial charge in [0, 0.05) is 5.92 Å². The molecule has 0 spiro atoms. The van der Waals surface area contributed by atoms with E-state index in [1.165, 1.54) is 27.8 Å². The summed E-state index contributed by atoms with van der Waals surface area (Å²) in [7, 11) is -8.36. The third-order valence-corrected chi connectivity index (χ3v) is 42.1. The van der Waals surface area contributed by atoms with Crippen LogP contribution in [0.3, 0.4) is 0 Å². The molecule has 220 valence electrons. The number of rotatable bonds is 9. The fourth-order valence-electron chi connectivity index (χ4n) is 5.83. The highest BCUT2D eigenvalue weighted by Crippen LogP contribution is 2.91. The van der Waals surface area contributed by atoms with Crippen LogP contribution < -0.4 is 0 Å². The Hall–Kier alpha value is -0.592. The summed E-state index contributed by atoms with van der Waals surface area (Å²) >= 11 is 0. The molecule has 1 aliphatic heterocycles. The highest BCUT2D eigenvalue weighted by atomic mass is 32.3. The zero-order valence-corrected chi connectivity index (χ0v) is 33.4. The largest absolute Gasteiger partial charge is 0.544 e. The van der Waals surface area contributed by atoms with Crippen molar-refractivity contribution in [1.29, 1.82) is 0 Å². The minimum Gasteiger partial charge on any atom is -0.544 e. The van der Waals surface area contributed by atoms with Gasteiger partial charge in [0.2, 0.25) is 8.32 Å². The van der Waals surface area contributed by atoms with E-state index in [0.717, 1.165) is 0 Å². The lowest BCUT2D eigenvalue weighted by molar-refractivity contribution is 0.169. The number of hydrogen-bond donors (Lipinski definition) is 0. The molecular weight excluding hydrogens is 591 g/mol.